The number of carbonyl (C=O) groups excluding carboxylic acids is 1. The lowest BCUT2D eigenvalue weighted by Gasteiger charge is -2.14. The lowest BCUT2D eigenvalue weighted by Crippen LogP contribution is -2.20. The van der Waals surface area contributed by atoms with Crippen LogP contribution in [0, 0.1) is 11.8 Å². The van der Waals surface area contributed by atoms with Gasteiger partial charge in [-0.05, 0) is 18.8 Å². The molecule has 0 amide bonds. The van der Waals surface area contributed by atoms with Gasteiger partial charge in [-0.3, -0.25) is 9.59 Å². The molecule has 3 nitrogen and oxygen atoms in total. The number of hydrogen-bond donors (Lipinski definition) is 1. The average Bonchev–Trinajstić information content (AvgIpc) is 2.78. The van der Waals surface area contributed by atoms with Crippen molar-refractivity contribution >= 4 is 11.8 Å². The molecule has 0 radical (unpaired) electrons. The van der Waals surface area contributed by atoms with E-state index in [2.05, 4.69) is 0 Å². The van der Waals surface area contributed by atoms with E-state index in [4.69, 9.17) is 5.11 Å². The van der Waals surface area contributed by atoms with Crippen molar-refractivity contribution in [3.63, 3.8) is 0 Å². The van der Waals surface area contributed by atoms with Crippen molar-refractivity contribution in [2.45, 2.75) is 25.7 Å². The minimum absolute atomic E-state index is 0.0141. The summed E-state index contributed by atoms with van der Waals surface area (Å²) >= 11 is 0. The fourth-order valence-corrected chi connectivity index (χ4v) is 2.59. The summed E-state index contributed by atoms with van der Waals surface area (Å²) in [5.41, 5.74) is 0.684. The molecule has 0 aromatic heterocycles. The van der Waals surface area contributed by atoms with Crippen LogP contribution in [0.15, 0.2) is 30.3 Å². The highest BCUT2D eigenvalue weighted by Crippen LogP contribution is 2.35. The second kappa shape index (κ2) is 5.13. The normalized spacial score (nSPS) is 23.5. The molecule has 1 N–H and O–H groups in total. The van der Waals surface area contributed by atoms with Crippen LogP contribution < -0.4 is 0 Å². The predicted octanol–water partition coefficient (Wildman–Crippen LogP) is 2.76. The zero-order valence-corrected chi connectivity index (χ0v) is 9.63. The van der Waals surface area contributed by atoms with Crippen LogP contribution in [0.25, 0.3) is 0 Å². The summed E-state index contributed by atoms with van der Waals surface area (Å²) in [5.74, 6) is -1.01. The van der Waals surface area contributed by atoms with Gasteiger partial charge in [0.1, 0.15) is 0 Å². The van der Waals surface area contributed by atoms with Gasteiger partial charge in [-0.25, -0.2) is 0 Å². The van der Waals surface area contributed by atoms with Crippen molar-refractivity contribution < 1.29 is 14.7 Å². The number of hydrogen-bond acceptors (Lipinski definition) is 2. The summed E-state index contributed by atoms with van der Waals surface area (Å²) in [5, 5.41) is 9.06. The molecule has 0 saturated heterocycles. The molecule has 0 unspecified atom stereocenters. The van der Waals surface area contributed by atoms with E-state index in [1.54, 1.807) is 12.1 Å². The van der Waals surface area contributed by atoms with Crippen molar-refractivity contribution in [1.29, 1.82) is 0 Å². The standard InChI is InChI=1S/C14H16O3/c15-13(10-5-2-1-3-6-10)9-11-7-4-8-12(11)14(16)17/h1-3,5-6,11-12H,4,7-9H2,(H,16,17)/t11-,12+/m0/s1. The van der Waals surface area contributed by atoms with Crippen LogP contribution in [0.5, 0.6) is 0 Å². The minimum atomic E-state index is -0.756. The van der Waals surface area contributed by atoms with Gasteiger partial charge in [-0.2, -0.15) is 0 Å². The first-order valence-corrected chi connectivity index (χ1v) is 5.99. The van der Waals surface area contributed by atoms with Crippen LogP contribution in [0.2, 0.25) is 0 Å². The maximum Gasteiger partial charge on any atom is 0.306 e. The highest BCUT2D eigenvalue weighted by atomic mass is 16.4. The van der Waals surface area contributed by atoms with Gasteiger partial charge in [-0.15, -0.1) is 0 Å². The molecule has 0 bridgehead atoms. The number of aliphatic carboxylic acids is 1. The Bertz CT molecular complexity index is 411. The molecule has 3 heteroatoms. The van der Waals surface area contributed by atoms with E-state index >= 15 is 0 Å². The molecule has 0 heterocycles. The monoisotopic (exact) mass is 232 g/mol. The Kier molecular flexibility index (Phi) is 3.57. The van der Waals surface area contributed by atoms with Crippen molar-refractivity contribution in [3.05, 3.63) is 35.9 Å². The summed E-state index contributed by atoms with van der Waals surface area (Å²) in [7, 11) is 0. The van der Waals surface area contributed by atoms with E-state index in [0.29, 0.717) is 18.4 Å². The van der Waals surface area contributed by atoms with Crippen molar-refractivity contribution in [1.82, 2.24) is 0 Å². The molecular weight excluding hydrogens is 216 g/mol. The van der Waals surface area contributed by atoms with Crippen LogP contribution in [-0.2, 0) is 4.79 Å². The first kappa shape index (κ1) is 11.8. The van der Waals surface area contributed by atoms with E-state index in [9.17, 15) is 9.59 Å². The molecule has 1 aromatic rings. The van der Waals surface area contributed by atoms with E-state index in [0.717, 1.165) is 12.8 Å². The van der Waals surface area contributed by atoms with Crippen LogP contribution >= 0.6 is 0 Å². The van der Waals surface area contributed by atoms with Crippen molar-refractivity contribution in [3.8, 4) is 0 Å². The number of rotatable bonds is 4. The van der Waals surface area contributed by atoms with Gasteiger partial charge in [0, 0.05) is 12.0 Å². The molecule has 1 aliphatic rings. The maximum atomic E-state index is 12.0. The van der Waals surface area contributed by atoms with E-state index in [1.807, 2.05) is 18.2 Å². The maximum absolute atomic E-state index is 12.0. The van der Waals surface area contributed by atoms with E-state index < -0.39 is 5.97 Å². The fourth-order valence-electron chi connectivity index (χ4n) is 2.59. The first-order valence-electron chi connectivity index (χ1n) is 5.99. The summed E-state index contributed by atoms with van der Waals surface area (Å²) in [6.07, 6.45) is 2.85. The van der Waals surface area contributed by atoms with Gasteiger partial charge < -0.3 is 5.11 Å². The minimum Gasteiger partial charge on any atom is -0.481 e. The third kappa shape index (κ3) is 2.73. The molecule has 2 atom stereocenters. The Morgan fingerprint density at radius 3 is 2.53 bits per heavy atom. The Hall–Kier alpha value is -1.64. The van der Waals surface area contributed by atoms with Gasteiger partial charge in [0.2, 0.25) is 0 Å². The van der Waals surface area contributed by atoms with Crippen LogP contribution in [0.1, 0.15) is 36.0 Å². The molecule has 1 aliphatic carbocycles. The quantitative estimate of drug-likeness (QED) is 0.812. The molecule has 0 spiro atoms. The Morgan fingerprint density at radius 2 is 1.88 bits per heavy atom. The molecular formula is C14H16O3. The van der Waals surface area contributed by atoms with Gasteiger partial charge in [-0.1, -0.05) is 36.8 Å². The predicted molar refractivity (Wildman–Crippen MR) is 63.9 cm³/mol. The smallest absolute Gasteiger partial charge is 0.306 e. The lowest BCUT2D eigenvalue weighted by atomic mass is 9.89. The van der Waals surface area contributed by atoms with Gasteiger partial charge in [0.05, 0.1) is 5.92 Å². The molecule has 1 fully saturated rings. The van der Waals surface area contributed by atoms with Crippen LogP contribution in [0.4, 0.5) is 0 Å². The highest BCUT2D eigenvalue weighted by molar-refractivity contribution is 5.96. The second-order valence-corrected chi connectivity index (χ2v) is 4.63. The van der Waals surface area contributed by atoms with Crippen LogP contribution in [0.3, 0.4) is 0 Å². The zero-order chi connectivity index (χ0) is 12.3. The van der Waals surface area contributed by atoms with E-state index in [1.165, 1.54) is 0 Å². The van der Waals surface area contributed by atoms with E-state index in [-0.39, 0.29) is 17.6 Å². The fraction of sp³-hybridized carbons (Fsp3) is 0.429. The first-order chi connectivity index (χ1) is 8.18. The van der Waals surface area contributed by atoms with Crippen molar-refractivity contribution in [2.75, 3.05) is 0 Å². The third-order valence-corrected chi connectivity index (χ3v) is 3.52. The lowest BCUT2D eigenvalue weighted by molar-refractivity contribution is -0.142. The van der Waals surface area contributed by atoms with Gasteiger partial charge in [0.25, 0.3) is 0 Å². The number of benzene rings is 1. The Labute approximate surface area is 100 Å². The number of Topliss-reactive ketones (excluding diaryl/α,β-unsaturated/α-hetero) is 1. The number of ketones is 1. The third-order valence-electron chi connectivity index (χ3n) is 3.52. The van der Waals surface area contributed by atoms with Gasteiger partial charge >= 0.3 is 5.97 Å². The molecule has 90 valence electrons. The zero-order valence-electron chi connectivity index (χ0n) is 9.63. The SMILES string of the molecule is O=C(C[C@@H]1CCC[C@H]1C(=O)O)c1ccccc1. The Morgan fingerprint density at radius 1 is 1.18 bits per heavy atom. The van der Waals surface area contributed by atoms with Gasteiger partial charge in [0.15, 0.2) is 5.78 Å². The topological polar surface area (TPSA) is 54.4 Å². The number of carboxylic acids is 1. The van der Waals surface area contributed by atoms with Crippen molar-refractivity contribution in [2.24, 2.45) is 11.8 Å². The second-order valence-electron chi connectivity index (χ2n) is 4.63. The average molecular weight is 232 g/mol. The molecule has 1 aromatic carbocycles. The molecule has 1 saturated carbocycles. The number of carboxylic acid groups (broad SMARTS) is 1. The van der Waals surface area contributed by atoms with Crippen LogP contribution in [-0.4, -0.2) is 16.9 Å². The largest absolute Gasteiger partial charge is 0.481 e. The summed E-state index contributed by atoms with van der Waals surface area (Å²) < 4.78 is 0. The Balaban J connectivity index is 2.02. The number of carbonyl (C=O) groups is 2. The molecule has 17 heavy (non-hydrogen) atoms. The molecule has 0 aliphatic heterocycles. The summed E-state index contributed by atoms with van der Waals surface area (Å²) in [6, 6.07) is 9.10. The molecule has 2 rings (SSSR count). The summed E-state index contributed by atoms with van der Waals surface area (Å²) in [4.78, 5) is 23.0. The highest BCUT2D eigenvalue weighted by Gasteiger charge is 2.34. The summed E-state index contributed by atoms with van der Waals surface area (Å²) in [6.45, 7) is 0.